The van der Waals surface area contributed by atoms with Gasteiger partial charge in [-0.3, -0.25) is 4.98 Å². The SMILES string of the molecule is NCC(Oc1ccc(C(F)(F)F)cc1)c1cccnc1. The van der Waals surface area contributed by atoms with E-state index in [1.54, 1.807) is 24.5 Å². The van der Waals surface area contributed by atoms with Gasteiger partial charge in [0, 0.05) is 24.5 Å². The van der Waals surface area contributed by atoms with Gasteiger partial charge >= 0.3 is 6.18 Å². The zero-order valence-corrected chi connectivity index (χ0v) is 10.5. The maximum absolute atomic E-state index is 12.4. The quantitative estimate of drug-likeness (QED) is 0.937. The van der Waals surface area contributed by atoms with Crippen molar-refractivity contribution in [3.8, 4) is 5.75 Å². The van der Waals surface area contributed by atoms with Crippen LogP contribution < -0.4 is 10.5 Å². The molecular weight excluding hydrogens is 269 g/mol. The van der Waals surface area contributed by atoms with Crippen LogP contribution in [0.1, 0.15) is 17.2 Å². The summed E-state index contributed by atoms with van der Waals surface area (Å²) in [7, 11) is 0. The molecule has 2 N–H and O–H groups in total. The molecule has 3 nitrogen and oxygen atoms in total. The van der Waals surface area contributed by atoms with E-state index in [-0.39, 0.29) is 6.54 Å². The van der Waals surface area contributed by atoms with Crippen molar-refractivity contribution in [2.24, 2.45) is 5.73 Å². The van der Waals surface area contributed by atoms with Crippen molar-refractivity contribution in [3.05, 3.63) is 59.9 Å². The van der Waals surface area contributed by atoms with Crippen LogP contribution in [0.4, 0.5) is 13.2 Å². The first-order valence-electron chi connectivity index (χ1n) is 5.94. The molecular formula is C14H13F3N2O. The maximum Gasteiger partial charge on any atom is 0.416 e. The Hall–Kier alpha value is -2.08. The van der Waals surface area contributed by atoms with Gasteiger partial charge in [0.25, 0.3) is 0 Å². The zero-order valence-electron chi connectivity index (χ0n) is 10.5. The Kier molecular flexibility index (Phi) is 4.24. The van der Waals surface area contributed by atoms with Gasteiger partial charge in [-0.1, -0.05) is 6.07 Å². The fourth-order valence-electron chi connectivity index (χ4n) is 1.71. The summed E-state index contributed by atoms with van der Waals surface area (Å²) in [5, 5.41) is 0. The highest BCUT2D eigenvalue weighted by Gasteiger charge is 2.30. The Balaban J connectivity index is 2.13. The molecule has 0 saturated heterocycles. The number of aromatic nitrogens is 1. The number of ether oxygens (including phenoxy) is 1. The van der Waals surface area contributed by atoms with Crippen LogP contribution in [-0.4, -0.2) is 11.5 Å². The summed E-state index contributed by atoms with van der Waals surface area (Å²) in [5.74, 6) is 0.331. The Morgan fingerprint density at radius 1 is 1.15 bits per heavy atom. The normalized spacial score (nSPS) is 13.0. The molecule has 0 aliphatic carbocycles. The number of hydrogen-bond acceptors (Lipinski definition) is 3. The second-order valence-electron chi connectivity index (χ2n) is 4.15. The lowest BCUT2D eigenvalue weighted by atomic mass is 10.1. The molecule has 1 atom stereocenters. The number of halogens is 3. The summed E-state index contributed by atoms with van der Waals surface area (Å²) >= 11 is 0. The molecule has 0 amide bonds. The van der Waals surface area contributed by atoms with Crippen LogP contribution in [0.25, 0.3) is 0 Å². The van der Waals surface area contributed by atoms with Gasteiger partial charge in [0.2, 0.25) is 0 Å². The van der Waals surface area contributed by atoms with Crippen molar-refractivity contribution >= 4 is 0 Å². The topological polar surface area (TPSA) is 48.1 Å². The van der Waals surface area contributed by atoms with E-state index in [0.717, 1.165) is 17.7 Å². The second kappa shape index (κ2) is 5.92. The molecule has 6 heteroatoms. The van der Waals surface area contributed by atoms with E-state index in [0.29, 0.717) is 5.75 Å². The first kappa shape index (κ1) is 14.3. The van der Waals surface area contributed by atoms with Gasteiger partial charge in [-0.25, -0.2) is 0 Å². The van der Waals surface area contributed by atoms with Crippen molar-refractivity contribution < 1.29 is 17.9 Å². The average Bonchev–Trinajstić information content (AvgIpc) is 2.45. The molecule has 0 bridgehead atoms. The number of alkyl halides is 3. The highest BCUT2D eigenvalue weighted by Crippen LogP contribution is 2.31. The Morgan fingerprint density at radius 2 is 1.85 bits per heavy atom. The predicted molar refractivity (Wildman–Crippen MR) is 68.1 cm³/mol. The Labute approximate surface area is 114 Å². The van der Waals surface area contributed by atoms with Gasteiger partial charge in [0.15, 0.2) is 0 Å². The van der Waals surface area contributed by atoms with Crippen LogP contribution >= 0.6 is 0 Å². The van der Waals surface area contributed by atoms with Crippen LogP contribution in [0.5, 0.6) is 5.75 Å². The minimum atomic E-state index is -4.35. The third kappa shape index (κ3) is 3.48. The number of nitrogens with two attached hydrogens (primary N) is 1. The fraction of sp³-hybridized carbons (Fsp3) is 0.214. The predicted octanol–water partition coefficient (Wildman–Crippen LogP) is 3.18. The molecule has 2 rings (SSSR count). The van der Waals surface area contributed by atoms with Crippen molar-refractivity contribution in [1.29, 1.82) is 0 Å². The molecule has 106 valence electrons. The lowest BCUT2D eigenvalue weighted by Gasteiger charge is -2.17. The van der Waals surface area contributed by atoms with Crippen LogP contribution in [0.2, 0.25) is 0 Å². The van der Waals surface area contributed by atoms with Gasteiger partial charge < -0.3 is 10.5 Å². The molecule has 0 radical (unpaired) electrons. The minimum Gasteiger partial charge on any atom is -0.484 e. The van der Waals surface area contributed by atoms with Crippen molar-refractivity contribution in [2.45, 2.75) is 12.3 Å². The third-order valence-electron chi connectivity index (χ3n) is 2.73. The smallest absolute Gasteiger partial charge is 0.416 e. The Bertz CT molecular complexity index is 541. The molecule has 0 aliphatic rings. The monoisotopic (exact) mass is 282 g/mol. The van der Waals surface area contributed by atoms with E-state index in [4.69, 9.17) is 10.5 Å². The highest BCUT2D eigenvalue weighted by atomic mass is 19.4. The van der Waals surface area contributed by atoms with E-state index in [1.807, 2.05) is 0 Å². The number of hydrogen-bond donors (Lipinski definition) is 1. The summed E-state index contributed by atoms with van der Waals surface area (Å²) in [6, 6.07) is 8.06. The van der Waals surface area contributed by atoms with E-state index < -0.39 is 17.8 Å². The molecule has 0 fully saturated rings. The van der Waals surface area contributed by atoms with Crippen LogP contribution in [0.15, 0.2) is 48.8 Å². The van der Waals surface area contributed by atoms with E-state index in [2.05, 4.69) is 4.98 Å². The maximum atomic E-state index is 12.4. The summed E-state index contributed by atoms with van der Waals surface area (Å²) in [6.45, 7) is 0.201. The van der Waals surface area contributed by atoms with Crippen LogP contribution in [0, 0.1) is 0 Å². The number of pyridine rings is 1. The van der Waals surface area contributed by atoms with Gasteiger partial charge in [-0.15, -0.1) is 0 Å². The molecule has 1 heterocycles. The van der Waals surface area contributed by atoms with Gasteiger partial charge in [-0.2, -0.15) is 13.2 Å². The molecule has 1 aromatic carbocycles. The van der Waals surface area contributed by atoms with Crippen LogP contribution in [-0.2, 0) is 6.18 Å². The molecule has 20 heavy (non-hydrogen) atoms. The minimum absolute atomic E-state index is 0.201. The largest absolute Gasteiger partial charge is 0.484 e. The number of benzene rings is 1. The molecule has 0 saturated carbocycles. The second-order valence-corrected chi connectivity index (χ2v) is 4.15. The summed E-state index contributed by atoms with van der Waals surface area (Å²) in [6.07, 6.45) is -1.56. The van der Waals surface area contributed by atoms with Gasteiger partial charge in [0.1, 0.15) is 11.9 Å². The van der Waals surface area contributed by atoms with E-state index >= 15 is 0 Å². The van der Waals surface area contributed by atoms with Crippen molar-refractivity contribution in [3.63, 3.8) is 0 Å². The van der Waals surface area contributed by atoms with Gasteiger partial charge in [0.05, 0.1) is 5.56 Å². The van der Waals surface area contributed by atoms with Crippen molar-refractivity contribution in [1.82, 2.24) is 4.98 Å². The van der Waals surface area contributed by atoms with E-state index in [9.17, 15) is 13.2 Å². The Morgan fingerprint density at radius 3 is 2.35 bits per heavy atom. The van der Waals surface area contributed by atoms with E-state index in [1.165, 1.54) is 12.1 Å². The lowest BCUT2D eigenvalue weighted by molar-refractivity contribution is -0.137. The average molecular weight is 282 g/mol. The first-order valence-corrected chi connectivity index (χ1v) is 5.94. The number of rotatable bonds is 4. The zero-order chi connectivity index (χ0) is 14.6. The van der Waals surface area contributed by atoms with Crippen molar-refractivity contribution in [2.75, 3.05) is 6.54 Å². The lowest BCUT2D eigenvalue weighted by Crippen LogP contribution is -2.18. The molecule has 0 spiro atoms. The standard InChI is InChI=1S/C14H13F3N2O/c15-14(16,17)11-3-5-12(6-4-11)20-13(8-18)10-2-1-7-19-9-10/h1-7,9,13H,8,18H2. The summed E-state index contributed by atoms with van der Waals surface area (Å²) in [5.41, 5.74) is 5.68. The molecule has 2 aromatic rings. The molecule has 1 aromatic heterocycles. The fourth-order valence-corrected chi connectivity index (χ4v) is 1.71. The summed E-state index contributed by atoms with van der Waals surface area (Å²) < 4.78 is 42.9. The molecule has 0 aliphatic heterocycles. The molecule has 1 unspecified atom stereocenters. The highest BCUT2D eigenvalue weighted by molar-refractivity contribution is 5.29. The first-order chi connectivity index (χ1) is 9.50. The van der Waals surface area contributed by atoms with Crippen LogP contribution in [0.3, 0.4) is 0 Å². The number of nitrogens with zero attached hydrogens (tertiary/aromatic N) is 1. The third-order valence-corrected chi connectivity index (χ3v) is 2.73. The van der Waals surface area contributed by atoms with Gasteiger partial charge in [-0.05, 0) is 30.3 Å². The summed E-state index contributed by atoms with van der Waals surface area (Å²) in [4.78, 5) is 3.96.